The molecule has 102 valence electrons. The highest BCUT2D eigenvalue weighted by Gasteiger charge is 2.30. The van der Waals surface area contributed by atoms with E-state index in [2.05, 4.69) is 0 Å². The summed E-state index contributed by atoms with van der Waals surface area (Å²) in [6, 6.07) is 4.04. The molecule has 2 heterocycles. The van der Waals surface area contributed by atoms with E-state index in [0.29, 0.717) is 19.8 Å². The lowest BCUT2D eigenvalue weighted by Gasteiger charge is -2.32. The number of ether oxygens (including phenoxy) is 1. The summed E-state index contributed by atoms with van der Waals surface area (Å²) in [6.45, 7) is 3.52. The molecule has 1 aromatic heterocycles. The van der Waals surface area contributed by atoms with Crippen molar-refractivity contribution in [2.24, 2.45) is 0 Å². The number of hydrogen-bond acceptors (Lipinski definition) is 4. The van der Waals surface area contributed by atoms with Crippen molar-refractivity contribution in [3.63, 3.8) is 0 Å². The Balaban J connectivity index is 2.17. The maximum Gasteiger partial charge on any atom is 0.214 e. The molecule has 18 heavy (non-hydrogen) atoms. The summed E-state index contributed by atoms with van der Waals surface area (Å²) in [5, 5.41) is 1.98. The Labute approximate surface area is 113 Å². The monoisotopic (exact) mass is 289 g/mol. The third-order valence-electron chi connectivity index (χ3n) is 3.21. The van der Waals surface area contributed by atoms with E-state index in [9.17, 15) is 8.42 Å². The van der Waals surface area contributed by atoms with Crippen molar-refractivity contribution < 1.29 is 13.2 Å². The summed E-state index contributed by atoms with van der Waals surface area (Å²) in [6.07, 6.45) is 1.59. The fourth-order valence-electron chi connectivity index (χ4n) is 2.15. The van der Waals surface area contributed by atoms with Gasteiger partial charge in [-0.15, -0.1) is 11.3 Å². The van der Waals surface area contributed by atoms with Gasteiger partial charge in [0.25, 0.3) is 0 Å². The third-order valence-corrected chi connectivity index (χ3v) is 5.94. The van der Waals surface area contributed by atoms with Crippen molar-refractivity contribution in [2.45, 2.75) is 32.4 Å². The largest absolute Gasteiger partial charge is 0.381 e. The molecule has 1 aromatic rings. The predicted octanol–water partition coefficient (Wildman–Crippen LogP) is 2.08. The first kappa shape index (κ1) is 14.0. The molecule has 1 saturated heterocycles. The zero-order chi connectivity index (χ0) is 13.0. The van der Waals surface area contributed by atoms with E-state index < -0.39 is 10.0 Å². The zero-order valence-corrected chi connectivity index (χ0v) is 12.2. The molecule has 0 aliphatic carbocycles. The van der Waals surface area contributed by atoms with Crippen LogP contribution in [0, 0.1) is 0 Å². The summed E-state index contributed by atoms with van der Waals surface area (Å²) in [7, 11) is -3.15. The molecule has 1 fully saturated rings. The SMILES string of the molecule is CCS(=O)(=O)N(Cc1cccs1)C1CCOCC1. The van der Waals surface area contributed by atoms with Crippen LogP contribution in [-0.2, 0) is 21.3 Å². The Kier molecular flexibility index (Phi) is 4.77. The summed E-state index contributed by atoms with van der Waals surface area (Å²) in [5.41, 5.74) is 0. The van der Waals surface area contributed by atoms with E-state index in [4.69, 9.17) is 4.74 Å². The molecule has 1 aliphatic rings. The number of sulfonamides is 1. The van der Waals surface area contributed by atoms with Gasteiger partial charge >= 0.3 is 0 Å². The Bertz CT molecular complexity index is 450. The van der Waals surface area contributed by atoms with E-state index >= 15 is 0 Å². The van der Waals surface area contributed by atoms with E-state index in [-0.39, 0.29) is 11.8 Å². The van der Waals surface area contributed by atoms with E-state index in [1.54, 1.807) is 22.6 Å². The van der Waals surface area contributed by atoms with E-state index in [1.165, 1.54) is 0 Å². The van der Waals surface area contributed by atoms with Gasteiger partial charge in [0, 0.05) is 30.7 Å². The summed E-state index contributed by atoms with van der Waals surface area (Å²) < 4.78 is 31.4. The predicted molar refractivity (Wildman–Crippen MR) is 73.2 cm³/mol. The molecule has 6 heteroatoms. The molecule has 0 aromatic carbocycles. The second kappa shape index (κ2) is 6.14. The van der Waals surface area contributed by atoms with E-state index in [0.717, 1.165) is 17.7 Å². The number of hydrogen-bond donors (Lipinski definition) is 0. The van der Waals surface area contributed by atoms with Crippen LogP contribution in [0.4, 0.5) is 0 Å². The second-order valence-corrected chi connectivity index (χ2v) is 7.61. The fourth-order valence-corrected chi connectivity index (χ4v) is 4.27. The molecular formula is C12H19NO3S2. The molecular weight excluding hydrogens is 270 g/mol. The maximum absolute atomic E-state index is 12.2. The van der Waals surface area contributed by atoms with Gasteiger partial charge in [0.1, 0.15) is 0 Å². The average molecular weight is 289 g/mol. The van der Waals surface area contributed by atoms with Gasteiger partial charge in [-0.3, -0.25) is 0 Å². The first-order chi connectivity index (χ1) is 8.63. The smallest absolute Gasteiger partial charge is 0.214 e. The minimum Gasteiger partial charge on any atom is -0.381 e. The zero-order valence-electron chi connectivity index (χ0n) is 10.5. The first-order valence-electron chi connectivity index (χ1n) is 6.23. The Morgan fingerprint density at radius 1 is 1.44 bits per heavy atom. The molecule has 2 rings (SSSR count). The quantitative estimate of drug-likeness (QED) is 0.834. The van der Waals surface area contributed by atoms with Crippen LogP contribution in [0.3, 0.4) is 0 Å². The highest BCUT2D eigenvalue weighted by Crippen LogP contribution is 2.23. The minimum absolute atomic E-state index is 0.0887. The normalized spacial score (nSPS) is 18.3. The van der Waals surface area contributed by atoms with Crippen LogP contribution in [0.25, 0.3) is 0 Å². The Morgan fingerprint density at radius 2 is 2.17 bits per heavy atom. The van der Waals surface area contributed by atoms with Gasteiger partial charge in [0.15, 0.2) is 0 Å². The molecule has 0 spiro atoms. The van der Waals surface area contributed by atoms with Gasteiger partial charge in [0.05, 0.1) is 5.75 Å². The van der Waals surface area contributed by atoms with Gasteiger partial charge in [-0.05, 0) is 31.2 Å². The van der Waals surface area contributed by atoms with Crippen LogP contribution in [0.15, 0.2) is 17.5 Å². The number of nitrogens with zero attached hydrogens (tertiary/aromatic N) is 1. The molecule has 0 saturated carbocycles. The third kappa shape index (κ3) is 3.32. The van der Waals surface area contributed by atoms with Gasteiger partial charge in [-0.2, -0.15) is 4.31 Å². The van der Waals surface area contributed by atoms with Crippen LogP contribution in [0.5, 0.6) is 0 Å². The molecule has 0 amide bonds. The summed E-state index contributed by atoms with van der Waals surface area (Å²) >= 11 is 1.60. The molecule has 0 atom stereocenters. The fraction of sp³-hybridized carbons (Fsp3) is 0.667. The van der Waals surface area contributed by atoms with Gasteiger partial charge < -0.3 is 4.74 Å². The minimum atomic E-state index is -3.15. The lowest BCUT2D eigenvalue weighted by atomic mass is 10.1. The molecule has 0 N–H and O–H groups in total. The maximum atomic E-state index is 12.2. The van der Waals surface area contributed by atoms with Gasteiger partial charge in [-0.1, -0.05) is 6.07 Å². The first-order valence-corrected chi connectivity index (χ1v) is 8.72. The van der Waals surface area contributed by atoms with Gasteiger partial charge in [-0.25, -0.2) is 8.42 Å². The van der Waals surface area contributed by atoms with Crippen molar-refractivity contribution in [2.75, 3.05) is 19.0 Å². The topological polar surface area (TPSA) is 46.6 Å². The van der Waals surface area contributed by atoms with Crippen LogP contribution in [-0.4, -0.2) is 37.7 Å². The van der Waals surface area contributed by atoms with Crippen LogP contribution >= 0.6 is 11.3 Å². The molecule has 4 nitrogen and oxygen atoms in total. The van der Waals surface area contributed by atoms with Crippen molar-refractivity contribution >= 4 is 21.4 Å². The van der Waals surface area contributed by atoms with Crippen molar-refractivity contribution in [1.82, 2.24) is 4.31 Å². The standard InChI is InChI=1S/C12H19NO3S2/c1-2-18(14,15)13(10-12-4-3-9-17-12)11-5-7-16-8-6-11/h3-4,9,11H,2,5-8,10H2,1H3. The van der Waals surface area contributed by atoms with Crippen LogP contribution in [0.2, 0.25) is 0 Å². The highest BCUT2D eigenvalue weighted by atomic mass is 32.2. The van der Waals surface area contributed by atoms with E-state index in [1.807, 2.05) is 17.5 Å². The van der Waals surface area contributed by atoms with Gasteiger partial charge in [0.2, 0.25) is 10.0 Å². The Morgan fingerprint density at radius 3 is 2.72 bits per heavy atom. The second-order valence-electron chi connectivity index (χ2n) is 4.37. The Hall–Kier alpha value is -0.430. The van der Waals surface area contributed by atoms with Crippen molar-refractivity contribution in [1.29, 1.82) is 0 Å². The average Bonchev–Trinajstić information content (AvgIpc) is 2.90. The van der Waals surface area contributed by atoms with Crippen molar-refractivity contribution in [3.8, 4) is 0 Å². The van der Waals surface area contributed by atoms with Crippen LogP contribution < -0.4 is 0 Å². The van der Waals surface area contributed by atoms with Crippen molar-refractivity contribution in [3.05, 3.63) is 22.4 Å². The molecule has 0 bridgehead atoms. The lowest BCUT2D eigenvalue weighted by molar-refractivity contribution is 0.0572. The molecule has 0 unspecified atom stereocenters. The van der Waals surface area contributed by atoms with Crippen LogP contribution in [0.1, 0.15) is 24.6 Å². The number of thiophene rings is 1. The highest BCUT2D eigenvalue weighted by molar-refractivity contribution is 7.89. The number of rotatable bonds is 5. The lowest BCUT2D eigenvalue weighted by Crippen LogP contribution is -2.43. The molecule has 0 radical (unpaired) electrons. The molecule has 1 aliphatic heterocycles. The summed E-state index contributed by atoms with van der Waals surface area (Å²) in [5.74, 6) is 0.162. The summed E-state index contributed by atoms with van der Waals surface area (Å²) in [4.78, 5) is 1.10.